The summed E-state index contributed by atoms with van der Waals surface area (Å²) in [5.74, 6) is -0.192. The molecule has 4 heteroatoms. The second kappa shape index (κ2) is 6.36. The molecule has 0 aromatic heterocycles. The molecule has 0 fully saturated rings. The van der Waals surface area contributed by atoms with Crippen LogP contribution >= 0.6 is 0 Å². The molecule has 0 aliphatic carbocycles. The number of rotatable bonds is 5. The minimum atomic E-state index is -0.959. The van der Waals surface area contributed by atoms with Crippen molar-refractivity contribution >= 4 is 15.0 Å². The molecule has 0 aliphatic heterocycles. The average Bonchev–Trinajstić information content (AvgIpc) is 2.04. The van der Waals surface area contributed by atoms with E-state index < -0.39 is 9.04 Å². The largest absolute Gasteiger partial charge is 0.469 e. The lowest BCUT2D eigenvalue weighted by molar-refractivity contribution is -0.141. The molecule has 0 radical (unpaired) electrons. The maximum atomic E-state index is 10.6. The van der Waals surface area contributed by atoms with Gasteiger partial charge in [0, 0.05) is 6.61 Å². The minimum Gasteiger partial charge on any atom is -0.469 e. The molecule has 0 rings (SSSR count). The maximum absolute atomic E-state index is 10.6. The Morgan fingerprint density at radius 2 is 2.18 bits per heavy atom. The van der Waals surface area contributed by atoms with Gasteiger partial charge in [0.25, 0.3) is 0 Å². The van der Waals surface area contributed by atoms with E-state index >= 15 is 0 Å². The van der Waals surface area contributed by atoms with Gasteiger partial charge >= 0.3 is 5.97 Å². The first-order valence-electron chi connectivity index (χ1n) is 3.89. The molecule has 0 saturated carbocycles. The molecule has 0 aromatic rings. The topological polar surface area (TPSA) is 35.5 Å². The summed E-state index contributed by atoms with van der Waals surface area (Å²) in [6.07, 6.45) is 0.383. The van der Waals surface area contributed by atoms with Gasteiger partial charge in [-0.1, -0.05) is 6.92 Å². The molecule has 0 N–H and O–H groups in total. The number of ether oxygens (including phenoxy) is 1. The zero-order chi connectivity index (χ0) is 8.69. The van der Waals surface area contributed by atoms with E-state index in [1.165, 1.54) is 7.11 Å². The van der Waals surface area contributed by atoms with Gasteiger partial charge < -0.3 is 9.16 Å². The van der Waals surface area contributed by atoms with Gasteiger partial charge in [-0.3, -0.25) is 4.79 Å². The van der Waals surface area contributed by atoms with Gasteiger partial charge in [0.05, 0.1) is 13.5 Å². The molecule has 66 valence electrons. The lowest BCUT2D eigenvalue weighted by Crippen LogP contribution is -2.15. The Hall–Kier alpha value is -0.353. The number of methoxy groups -OCH3 is 1. The summed E-state index contributed by atoms with van der Waals surface area (Å²) >= 11 is 0. The van der Waals surface area contributed by atoms with Crippen molar-refractivity contribution < 1.29 is 14.0 Å². The average molecular weight is 176 g/mol. The summed E-state index contributed by atoms with van der Waals surface area (Å²) < 4.78 is 9.86. The number of hydrogen-bond acceptors (Lipinski definition) is 3. The van der Waals surface area contributed by atoms with Crippen LogP contribution in [0.15, 0.2) is 0 Å². The van der Waals surface area contributed by atoms with Crippen LogP contribution in [0.1, 0.15) is 13.3 Å². The van der Waals surface area contributed by atoms with Crippen molar-refractivity contribution in [1.82, 2.24) is 0 Å². The summed E-state index contributed by atoms with van der Waals surface area (Å²) in [6, 6.07) is 1.11. The van der Waals surface area contributed by atoms with Crippen molar-refractivity contribution in [2.75, 3.05) is 13.7 Å². The number of esters is 1. The fourth-order valence-corrected chi connectivity index (χ4v) is 1.32. The Morgan fingerprint density at radius 3 is 2.64 bits per heavy atom. The van der Waals surface area contributed by atoms with Crippen molar-refractivity contribution in [1.29, 1.82) is 0 Å². The van der Waals surface area contributed by atoms with Crippen LogP contribution in [0.25, 0.3) is 0 Å². The second-order valence-electron chi connectivity index (χ2n) is 2.42. The quantitative estimate of drug-likeness (QED) is 0.462. The van der Waals surface area contributed by atoms with Crippen LogP contribution in [0.4, 0.5) is 0 Å². The molecular weight excluding hydrogens is 160 g/mol. The van der Waals surface area contributed by atoms with Crippen molar-refractivity contribution in [3.05, 3.63) is 0 Å². The zero-order valence-electron chi connectivity index (χ0n) is 7.42. The van der Waals surface area contributed by atoms with E-state index in [1.54, 1.807) is 0 Å². The van der Waals surface area contributed by atoms with E-state index in [-0.39, 0.29) is 5.97 Å². The van der Waals surface area contributed by atoms with E-state index in [0.29, 0.717) is 13.0 Å². The molecule has 0 saturated heterocycles. The van der Waals surface area contributed by atoms with Gasteiger partial charge in [-0.05, 0) is 12.6 Å². The SMILES string of the molecule is CC[SiH](C)OCCC(=O)OC. The summed E-state index contributed by atoms with van der Waals surface area (Å²) in [5.41, 5.74) is 0. The molecule has 1 unspecified atom stereocenters. The number of hydrogen-bond donors (Lipinski definition) is 0. The molecule has 0 bridgehead atoms. The maximum Gasteiger partial charge on any atom is 0.307 e. The molecule has 1 atom stereocenters. The normalized spacial score (nSPS) is 12.6. The Balaban J connectivity index is 3.20. The Kier molecular flexibility index (Phi) is 6.16. The van der Waals surface area contributed by atoms with Gasteiger partial charge in [-0.25, -0.2) is 0 Å². The number of carbonyl (C=O) groups excluding carboxylic acids is 1. The van der Waals surface area contributed by atoms with Crippen molar-refractivity contribution in [3.8, 4) is 0 Å². The van der Waals surface area contributed by atoms with Crippen LogP contribution in [0, 0.1) is 0 Å². The third kappa shape index (κ3) is 6.06. The zero-order valence-corrected chi connectivity index (χ0v) is 8.58. The first-order chi connectivity index (χ1) is 5.20. The van der Waals surface area contributed by atoms with Gasteiger partial charge in [0.15, 0.2) is 9.04 Å². The summed E-state index contributed by atoms with van der Waals surface area (Å²) in [7, 11) is 0.433. The van der Waals surface area contributed by atoms with Gasteiger partial charge in [-0.2, -0.15) is 0 Å². The van der Waals surface area contributed by atoms with Gasteiger partial charge in [-0.15, -0.1) is 0 Å². The summed E-state index contributed by atoms with van der Waals surface area (Å²) in [6.45, 7) is 4.75. The van der Waals surface area contributed by atoms with Crippen LogP contribution < -0.4 is 0 Å². The molecule has 3 nitrogen and oxygen atoms in total. The first kappa shape index (κ1) is 10.6. The Morgan fingerprint density at radius 1 is 1.55 bits per heavy atom. The highest BCUT2D eigenvalue weighted by Crippen LogP contribution is 1.94. The Labute approximate surface area is 69.4 Å². The molecule has 11 heavy (non-hydrogen) atoms. The molecule has 0 heterocycles. The lowest BCUT2D eigenvalue weighted by atomic mass is 10.5. The van der Waals surface area contributed by atoms with Crippen LogP contribution in [0.3, 0.4) is 0 Å². The predicted octanol–water partition coefficient (Wildman–Crippen LogP) is 0.940. The van der Waals surface area contributed by atoms with Crippen LogP contribution in [-0.4, -0.2) is 28.7 Å². The first-order valence-corrected chi connectivity index (χ1v) is 6.33. The van der Waals surface area contributed by atoms with Crippen LogP contribution in [0.5, 0.6) is 0 Å². The van der Waals surface area contributed by atoms with E-state index in [0.717, 1.165) is 6.04 Å². The van der Waals surface area contributed by atoms with E-state index in [1.807, 2.05) is 0 Å². The minimum absolute atomic E-state index is 0.192. The fourth-order valence-electron chi connectivity index (χ4n) is 0.563. The van der Waals surface area contributed by atoms with Crippen molar-refractivity contribution in [2.24, 2.45) is 0 Å². The van der Waals surface area contributed by atoms with Crippen molar-refractivity contribution in [2.45, 2.75) is 25.9 Å². The predicted molar refractivity (Wildman–Crippen MR) is 46.1 cm³/mol. The van der Waals surface area contributed by atoms with E-state index in [9.17, 15) is 4.79 Å². The second-order valence-corrected chi connectivity index (χ2v) is 5.19. The third-order valence-electron chi connectivity index (χ3n) is 1.51. The molecule has 0 aromatic carbocycles. The molecule has 0 spiro atoms. The molecule has 0 amide bonds. The standard InChI is InChI=1S/C7H16O3Si/c1-4-11(3)10-6-5-7(8)9-2/h11H,4-6H2,1-3H3. The summed E-state index contributed by atoms with van der Waals surface area (Å²) in [4.78, 5) is 10.6. The highest BCUT2D eigenvalue weighted by molar-refractivity contribution is 6.49. The van der Waals surface area contributed by atoms with Gasteiger partial charge in [0.1, 0.15) is 0 Å². The van der Waals surface area contributed by atoms with E-state index in [4.69, 9.17) is 4.43 Å². The fraction of sp³-hybridized carbons (Fsp3) is 0.857. The molecular formula is C7H16O3Si. The smallest absolute Gasteiger partial charge is 0.307 e. The highest BCUT2D eigenvalue weighted by atomic mass is 28.3. The summed E-state index contributed by atoms with van der Waals surface area (Å²) in [5, 5.41) is 0. The third-order valence-corrected chi connectivity index (χ3v) is 3.47. The van der Waals surface area contributed by atoms with E-state index in [2.05, 4.69) is 18.2 Å². The van der Waals surface area contributed by atoms with Crippen LogP contribution in [0.2, 0.25) is 12.6 Å². The highest BCUT2D eigenvalue weighted by Gasteiger charge is 2.03. The number of carbonyl (C=O) groups is 1. The molecule has 0 aliphatic rings. The Bertz CT molecular complexity index is 116. The van der Waals surface area contributed by atoms with Crippen molar-refractivity contribution in [3.63, 3.8) is 0 Å². The monoisotopic (exact) mass is 176 g/mol. The van der Waals surface area contributed by atoms with Gasteiger partial charge in [0.2, 0.25) is 0 Å². The lowest BCUT2D eigenvalue weighted by Gasteiger charge is -2.07. The van der Waals surface area contributed by atoms with Crippen LogP contribution in [-0.2, 0) is 14.0 Å².